The summed E-state index contributed by atoms with van der Waals surface area (Å²) in [4.78, 5) is 3.85. The second-order valence-electron chi connectivity index (χ2n) is 0.884. The van der Waals surface area contributed by atoms with Crippen molar-refractivity contribution < 1.29 is 0 Å². The maximum atomic E-state index is 3.85. The highest BCUT2D eigenvalue weighted by atomic mass is 14.7. The summed E-state index contributed by atoms with van der Waals surface area (Å²) >= 11 is 0. The summed E-state index contributed by atoms with van der Waals surface area (Å²) < 4.78 is 0. The third-order valence-electron chi connectivity index (χ3n) is 0.393. The van der Waals surface area contributed by atoms with Gasteiger partial charge < -0.3 is 0 Å². The van der Waals surface area contributed by atoms with Crippen LogP contribution in [0.4, 0.5) is 0 Å². The third kappa shape index (κ3) is 3.41. The second-order valence-corrected chi connectivity index (χ2v) is 0.884. The second kappa shape index (κ2) is 4.41. The Balaban J connectivity index is 2.94. The Morgan fingerprint density at radius 1 is 1.83 bits per heavy atom. The van der Waals surface area contributed by atoms with Crippen molar-refractivity contribution in [2.75, 3.05) is 6.54 Å². The molecule has 0 saturated carbocycles. The number of nitrogens with zero attached hydrogens (tertiary/aromatic N) is 1. The van der Waals surface area contributed by atoms with Crippen LogP contribution in [0.3, 0.4) is 0 Å². The molecule has 0 bridgehead atoms. The molecule has 0 rings (SSSR count). The summed E-state index contributed by atoms with van der Waals surface area (Å²) in [5.41, 5.74) is 0. The molecule has 0 amide bonds. The quantitative estimate of drug-likeness (QED) is 0.446. The van der Waals surface area contributed by atoms with Gasteiger partial charge in [-0.2, -0.15) is 0 Å². The van der Waals surface area contributed by atoms with Gasteiger partial charge in [0.15, 0.2) is 0 Å². The highest BCUT2D eigenvalue weighted by molar-refractivity contribution is 5.69. The molecule has 0 radical (unpaired) electrons. The lowest BCUT2D eigenvalue weighted by molar-refractivity contribution is 1.14. The lowest BCUT2D eigenvalue weighted by atomic mass is 10.7. The first-order chi connectivity index (χ1) is 2.91. The zero-order valence-electron chi connectivity index (χ0n) is 4.02. The number of hydrogen-bond donors (Lipinski definition) is 0. The van der Waals surface area contributed by atoms with Gasteiger partial charge in [-0.05, 0) is 6.92 Å². The van der Waals surface area contributed by atoms with Crippen molar-refractivity contribution >= 4 is 6.21 Å². The zero-order valence-corrected chi connectivity index (χ0v) is 4.02. The summed E-state index contributed by atoms with van der Waals surface area (Å²) in [5, 5.41) is 0. The lowest BCUT2D eigenvalue weighted by Crippen LogP contribution is -1.65. The minimum absolute atomic E-state index is 0.853. The molecule has 0 spiro atoms. The van der Waals surface area contributed by atoms with Crippen molar-refractivity contribution in [1.82, 2.24) is 0 Å². The van der Waals surface area contributed by atoms with Crippen LogP contribution in [0.25, 0.3) is 0 Å². The minimum Gasteiger partial charge on any atom is -0.293 e. The Morgan fingerprint density at radius 2 is 2.50 bits per heavy atom. The summed E-state index contributed by atoms with van der Waals surface area (Å²) in [6.07, 6.45) is 3.36. The predicted molar refractivity (Wildman–Crippen MR) is 29.2 cm³/mol. The van der Waals surface area contributed by atoms with Gasteiger partial charge in [-0.15, -0.1) is 0 Å². The van der Waals surface area contributed by atoms with Gasteiger partial charge in [-0.25, -0.2) is 0 Å². The standard InChI is InChI=1S/C5H9N/c1-3-5-6-4-2/h3,5H,1,4H2,2H3/b6-5+. The van der Waals surface area contributed by atoms with Crippen molar-refractivity contribution in [3.05, 3.63) is 12.7 Å². The molecule has 34 valence electrons. The molecule has 1 nitrogen and oxygen atoms in total. The Labute approximate surface area is 38.4 Å². The van der Waals surface area contributed by atoms with Crippen LogP contribution in [0.1, 0.15) is 6.92 Å². The fourth-order valence-electron chi connectivity index (χ4n) is 0.180. The van der Waals surface area contributed by atoms with E-state index in [-0.39, 0.29) is 0 Å². The van der Waals surface area contributed by atoms with E-state index in [1.54, 1.807) is 12.3 Å². The molecule has 0 aliphatic heterocycles. The zero-order chi connectivity index (χ0) is 4.83. The summed E-state index contributed by atoms with van der Waals surface area (Å²) in [6, 6.07) is 0. The average Bonchev–Trinajstić information content (AvgIpc) is 1.61. The molecule has 0 fully saturated rings. The van der Waals surface area contributed by atoms with Crippen molar-refractivity contribution in [2.24, 2.45) is 4.99 Å². The van der Waals surface area contributed by atoms with Gasteiger partial charge in [0.2, 0.25) is 0 Å². The molecule has 0 atom stereocenters. The third-order valence-corrected chi connectivity index (χ3v) is 0.393. The fourth-order valence-corrected chi connectivity index (χ4v) is 0.180. The van der Waals surface area contributed by atoms with E-state index in [0.29, 0.717) is 0 Å². The molecule has 0 heterocycles. The Bertz CT molecular complexity index is 55.0. The molecule has 0 N–H and O–H groups in total. The van der Waals surface area contributed by atoms with Gasteiger partial charge in [0.25, 0.3) is 0 Å². The topological polar surface area (TPSA) is 12.4 Å². The van der Waals surface area contributed by atoms with Crippen LogP contribution in [0.15, 0.2) is 17.6 Å². The lowest BCUT2D eigenvalue weighted by Gasteiger charge is -1.70. The molecule has 6 heavy (non-hydrogen) atoms. The van der Waals surface area contributed by atoms with Crippen LogP contribution in [0, 0.1) is 0 Å². The summed E-state index contributed by atoms with van der Waals surface area (Å²) in [5.74, 6) is 0. The Kier molecular flexibility index (Phi) is 3.98. The molecule has 0 saturated heterocycles. The molecule has 0 aromatic carbocycles. The van der Waals surface area contributed by atoms with Crippen LogP contribution >= 0.6 is 0 Å². The maximum Gasteiger partial charge on any atom is 0.0360 e. The summed E-state index contributed by atoms with van der Waals surface area (Å²) in [7, 11) is 0. The normalized spacial score (nSPS) is 9.50. The minimum atomic E-state index is 0.853. The van der Waals surface area contributed by atoms with E-state index in [2.05, 4.69) is 11.6 Å². The maximum absolute atomic E-state index is 3.85. The molecule has 0 aliphatic rings. The smallest absolute Gasteiger partial charge is 0.0360 e. The molecule has 0 aromatic heterocycles. The van der Waals surface area contributed by atoms with Crippen LogP contribution < -0.4 is 0 Å². The van der Waals surface area contributed by atoms with Crippen LogP contribution in [0.2, 0.25) is 0 Å². The number of hydrogen-bond acceptors (Lipinski definition) is 1. The van der Waals surface area contributed by atoms with E-state index in [0.717, 1.165) is 6.54 Å². The van der Waals surface area contributed by atoms with Crippen LogP contribution in [-0.4, -0.2) is 12.8 Å². The van der Waals surface area contributed by atoms with Crippen molar-refractivity contribution in [3.8, 4) is 0 Å². The van der Waals surface area contributed by atoms with Gasteiger partial charge in [0.1, 0.15) is 0 Å². The first-order valence-corrected chi connectivity index (χ1v) is 2.02. The summed E-state index contributed by atoms with van der Waals surface area (Å²) in [6.45, 7) is 6.29. The first-order valence-electron chi connectivity index (χ1n) is 2.02. The predicted octanol–water partition coefficient (Wildman–Crippen LogP) is 1.26. The van der Waals surface area contributed by atoms with Crippen molar-refractivity contribution in [1.29, 1.82) is 0 Å². The van der Waals surface area contributed by atoms with Gasteiger partial charge in [0, 0.05) is 12.8 Å². The Morgan fingerprint density at radius 3 is 2.67 bits per heavy atom. The van der Waals surface area contributed by atoms with E-state index in [1.165, 1.54) is 0 Å². The largest absolute Gasteiger partial charge is 0.293 e. The first kappa shape index (κ1) is 5.41. The van der Waals surface area contributed by atoms with E-state index >= 15 is 0 Å². The molecule has 0 aromatic rings. The van der Waals surface area contributed by atoms with Crippen molar-refractivity contribution in [3.63, 3.8) is 0 Å². The average molecular weight is 83.1 g/mol. The van der Waals surface area contributed by atoms with E-state index < -0.39 is 0 Å². The number of aliphatic imine (C=N–C) groups is 1. The van der Waals surface area contributed by atoms with Gasteiger partial charge in [0.05, 0.1) is 0 Å². The number of allylic oxidation sites excluding steroid dienone is 1. The molecule has 0 aliphatic carbocycles. The SMILES string of the molecule is C=C/C=N/CC. The van der Waals surface area contributed by atoms with Gasteiger partial charge in [-0.3, -0.25) is 4.99 Å². The van der Waals surface area contributed by atoms with Crippen LogP contribution in [0.5, 0.6) is 0 Å². The van der Waals surface area contributed by atoms with E-state index in [4.69, 9.17) is 0 Å². The molecular formula is C5H9N. The monoisotopic (exact) mass is 83.1 g/mol. The molecule has 1 heteroatoms. The van der Waals surface area contributed by atoms with Crippen LogP contribution in [-0.2, 0) is 0 Å². The van der Waals surface area contributed by atoms with E-state index in [1.807, 2.05) is 6.92 Å². The highest BCUT2D eigenvalue weighted by Crippen LogP contribution is 1.60. The molecular weight excluding hydrogens is 74.1 g/mol. The van der Waals surface area contributed by atoms with Crippen molar-refractivity contribution in [2.45, 2.75) is 6.92 Å². The number of rotatable bonds is 2. The van der Waals surface area contributed by atoms with E-state index in [9.17, 15) is 0 Å². The molecule has 0 unspecified atom stereocenters. The fraction of sp³-hybridized carbons (Fsp3) is 0.400. The van der Waals surface area contributed by atoms with Gasteiger partial charge in [-0.1, -0.05) is 12.7 Å². The Hall–Kier alpha value is -0.590. The highest BCUT2D eigenvalue weighted by Gasteiger charge is 1.54. The van der Waals surface area contributed by atoms with Gasteiger partial charge >= 0.3 is 0 Å².